The van der Waals surface area contributed by atoms with Crippen LogP contribution in [-0.2, 0) is 20.9 Å². The van der Waals surface area contributed by atoms with Crippen LogP contribution in [-0.4, -0.2) is 19.6 Å². The normalized spacial score (nSPS) is 31.0. The van der Waals surface area contributed by atoms with Gasteiger partial charge in [-0.2, -0.15) is 38.8 Å². The van der Waals surface area contributed by atoms with E-state index in [9.17, 15) is 0 Å². The largest absolute Gasteiger partial charge is 0.668 e. The summed E-state index contributed by atoms with van der Waals surface area (Å²) in [4.78, 5) is 0. The van der Waals surface area contributed by atoms with Gasteiger partial charge in [0.1, 0.15) is 0 Å². The van der Waals surface area contributed by atoms with Crippen molar-refractivity contribution in [2.45, 2.75) is 93.0 Å². The standard InChI is InChI=1S/C11H21.C6H11.C4H9N.C2H6N.Nb/c1-7-6-8(2)10(4)11(5)9(7)3;1-2-4-6-5-3-1;1-4(2,3)5;1-3-2;/h6-11H,1-5H3;1H,2-6H2;1-3H3;1-2H3;/q2*-1;;-1;. The van der Waals surface area contributed by atoms with Gasteiger partial charge in [0.2, 0.25) is 0 Å². The van der Waals surface area contributed by atoms with Crippen LogP contribution in [0.1, 0.15) is 87.5 Å². The van der Waals surface area contributed by atoms with Gasteiger partial charge in [-0.25, -0.2) is 0 Å². The van der Waals surface area contributed by atoms with E-state index in [1.165, 1.54) is 53.0 Å². The van der Waals surface area contributed by atoms with E-state index in [-0.39, 0.29) is 5.54 Å². The Morgan fingerprint density at radius 3 is 1.35 bits per heavy atom. The maximum Gasteiger partial charge on any atom is -0.0435 e. The molecule has 0 amide bonds. The molecule has 4 unspecified atom stereocenters. The molecular formula is C23H47N2Nb-3. The van der Waals surface area contributed by atoms with Crippen LogP contribution in [0.2, 0.25) is 0 Å². The van der Waals surface area contributed by atoms with Crippen LogP contribution in [0.5, 0.6) is 0 Å². The van der Waals surface area contributed by atoms with Gasteiger partial charge < -0.3 is 18.2 Å². The van der Waals surface area contributed by atoms with E-state index in [4.69, 9.17) is 0 Å². The summed E-state index contributed by atoms with van der Waals surface area (Å²) < 4.78 is 4.07. The molecule has 2 saturated carbocycles. The van der Waals surface area contributed by atoms with Gasteiger partial charge in [0, 0.05) is 0 Å². The minimum absolute atomic E-state index is 0.189. The van der Waals surface area contributed by atoms with Gasteiger partial charge in [0.15, 0.2) is 0 Å². The van der Waals surface area contributed by atoms with Crippen molar-refractivity contribution in [2.24, 2.45) is 32.9 Å². The van der Waals surface area contributed by atoms with Crippen molar-refractivity contribution in [3.05, 3.63) is 18.2 Å². The Balaban J connectivity index is 0. The van der Waals surface area contributed by atoms with E-state index in [1.54, 1.807) is 14.1 Å². The molecule has 2 fully saturated rings. The second-order valence-electron chi connectivity index (χ2n) is 9.13. The Hall–Kier alpha value is 0.500. The zero-order valence-electron chi connectivity index (χ0n) is 19.4. The maximum absolute atomic E-state index is 4.07. The third kappa shape index (κ3) is 15.5. The molecule has 0 saturated heterocycles. The summed E-state index contributed by atoms with van der Waals surface area (Å²) in [6.07, 6.45) is 12.0. The number of hydrogen-bond donors (Lipinski definition) is 0. The van der Waals surface area contributed by atoms with Gasteiger partial charge in [-0.15, -0.1) is 0 Å². The van der Waals surface area contributed by atoms with Crippen molar-refractivity contribution >= 4 is 0 Å². The topological polar surface area (TPSA) is 26.5 Å². The first-order valence-corrected chi connectivity index (χ1v) is 11.5. The van der Waals surface area contributed by atoms with E-state index in [0.29, 0.717) is 0 Å². The van der Waals surface area contributed by atoms with Crippen molar-refractivity contribution in [3.63, 3.8) is 0 Å². The summed E-state index contributed by atoms with van der Waals surface area (Å²) in [6, 6.07) is 0. The van der Waals surface area contributed by atoms with Gasteiger partial charge in [0.25, 0.3) is 0 Å². The van der Waals surface area contributed by atoms with E-state index in [2.05, 4.69) is 76.9 Å². The Bertz CT molecular complexity index is 295. The van der Waals surface area contributed by atoms with Crippen LogP contribution in [0.3, 0.4) is 0 Å². The molecule has 0 heterocycles. The molecule has 0 spiro atoms. The van der Waals surface area contributed by atoms with E-state index in [0.717, 1.165) is 29.6 Å². The molecule has 26 heavy (non-hydrogen) atoms. The average molecular weight is 445 g/mol. The Morgan fingerprint density at radius 1 is 0.808 bits per heavy atom. The van der Waals surface area contributed by atoms with E-state index < -0.39 is 0 Å². The fraction of sp³-hybridized carbons (Fsp3) is 0.913. The molecule has 0 bridgehead atoms. The molecule has 2 aliphatic rings. The summed E-state index contributed by atoms with van der Waals surface area (Å²) in [6.45, 7) is 18.1. The molecule has 2 nitrogen and oxygen atoms in total. The first-order valence-electron chi connectivity index (χ1n) is 10.5. The molecule has 0 radical (unpaired) electrons. The smallest absolute Gasteiger partial charge is 0.0435 e. The number of nitrogens with zero attached hydrogens (tertiary/aromatic N) is 2. The molecule has 2 rings (SSSR count). The third-order valence-corrected chi connectivity index (χ3v) is 7.02. The minimum atomic E-state index is 0.189. The van der Waals surface area contributed by atoms with Crippen LogP contribution in [0.15, 0.2) is 3.34 Å². The summed E-state index contributed by atoms with van der Waals surface area (Å²) in [5.41, 5.74) is 0.189. The van der Waals surface area contributed by atoms with Crippen molar-refractivity contribution in [1.29, 1.82) is 0 Å². The molecular weight excluding hydrogens is 397 g/mol. The number of hydrogen-bond acceptors (Lipinski definition) is 1. The molecule has 0 aromatic rings. The Labute approximate surface area is 178 Å². The summed E-state index contributed by atoms with van der Waals surface area (Å²) in [5.74, 6) is 4.28. The number of rotatable bonds is 0. The summed E-state index contributed by atoms with van der Waals surface area (Å²) in [5, 5.41) is 3.50. The van der Waals surface area contributed by atoms with Gasteiger partial charge in [-0.3, -0.25) is 0 Å². The fourth-order valence-electron chi connectivity index (χ4n) is 3.16. The van der Waals surface area contributed by atoms with Crippen LogP contribution in [0, 0.1) is 42.4 Å². The Morgan fingerprint density at radius 2 is 1.15 bits per heavy atom. The molecule has 0 N–H and O–H groups in total. The molecule has 0 aromatic carbocycles. The second kappa shape index (κ2) is 16.5. The van der Waals surface area contributed by atoms with Crippen LogP contribution in [0.4, 0.5) is 0 Å². The van der Waals surface area contributed by atoms with Gasteiger partial charge in [-0.05, 0) is 5.92 Å². The van der Waals surface area contributed by atoms with E-state index >= 15 is 0 Å². The van der Waals surface area contributed by atoms with Crippen LogP contribution in [0.25, 0.3) is 5.32 Å². The zero-order valence-corrected chi connectivity index (χ0v) is 21.6. The van der Waals surface area contributed by atoms with Gasteiger partial charge in [-0.1, -0.05) is 65.7 Å². The van der Waals surface area contributed by atoms with Gasteiger partial charge in [0.05, 0.1) is 0 Å². The molecule has 157 valence electrons. The van der Waals surface area contributed by atoms with E-state index in [1.807, 2.05) is 0 Å². The molecule has 4 atom stereocenters. The summed E-state index contributed by atoms with van der Waals surface area (Å²) >= 11 is 1.52. The monoisotopic (exact) mass is 444 g/mol. The predicted molar refractivity (Wildman–Crippen MR) is 115 cm³/mol. The summed E-state index contributed by atoms with van der Waals surface area (Å²) in [7, 11) is 3.50. The second-order valence-corrected chi connectivity index (χ2v) is 9.62. The van der Waals surface area contributed by atoms with Crippen LogP contribution < -0.4 is 0 Å². The first kappa shape index (κ1) is 28.7. The fourth-order valence-corrected chi connectivity index (χ4v) is 3.16. The van der Waals surface area contributed by atoms with Crippen molar-refractivity contribution in [1.82, 2.24) is 0 Å². The molecule has 3 heteroatoms. The van der Waals surface area contributed by atoms with Crippen molar-refractivity contribution < 1.29 is 20.9 Å². The quantitative estimate of drug-likeness (QED) is 0.271. The first-order chi connectivity index (χ1) is 12.0. The SMILES string of the molecule is CC(C)(C)[N]=[Nb].CC1[CH-]C(C)C(C)C(C)C1C.C[N-]C.[CH-]1CCCCC1. The maximum atomic E-state index is 4.07. The Kier molecular flexibility index (Phi) is 18.2. The third-order valence-electron chi connectivity index (χ3n) is 5.54. The minimum Gasteiger partial charge on any atom is -0.668 e. The molecule has 0 aromatic heterocycles. The molecule has 2 aliphatic carbocycles. The molecule has 0 aliphatic heterocycles. The average Bonchev–Trinajstić information content (AvgIpc) is 2.61. The van der Waals surface area contributed by atoms with Crippen molar-refractivity contribution in [2.75, 3.05) is 14.1 Å². The van der Waals surface area contributed by atoms with Gasteiger partial charge >= 0.3 is 50.5 Å². The zero-order chi connectivity index (χ0) is 20.8. The van der Waals surface area contributed by atoms with Crippen molar-refractivity contribution in [3.8, 4) is 0 Å². The predicted octanol–water partition coefficient (Wildman–Crippen LogP) is 7.67. The van der Waals surface area contributed by atoms with Crippen LogP contribution >= 0.6 is 0 Å².